The Balaban J connectivity index is 2.03. The Morgan fingerprint density at radius 2 is 1.39 bits per heavy atom. The molecule has 41 heavy (non-hydrogen) atoms. The van der Waals surface area contributed by atoms with Crippen molar-refractivity contribution in [2.45, 2.75) is 109 Å². The van der Waals surface area contributed by atoms with Gasteiger partial charge in [-0.1, -0.05) is 81.4 Å². The van der Waals surface area contributed by atoms with Crippen LogP contribution in [-0.2, 0) is 50.9 Å². The Labute approximate surface area is 246 Å². The summed E-state index contributed by atoms with van der Waals surface area (Å²) in [7, 11) is 0.793. The smallest absolute Gasteiger partial charge is 0.192 e. The monoisotopic (exact) mass is 588 g/mol. The third kappa shape index (κ3) is 9.02. The van der Waals surface area contributed by atoms with Gasteiger partial charge in [-0.05, 0) is 43.1 Å². The van der Waals surface area contributed by atoms with E-state index in [1.165, 1.54) is 0 Å². The molecule has 5 atom stereocenters. The van der Waals surface area contributed by atoms with Gasteiger partial charge in [-0.3, -0.25) is 0 Å². The first-order valence-corrected chi connectivity index (χ1v) is 17.1. The lowest BCUT2D eigenvalue weighted by atomic mass is 9.95. The van der Waals surface area contributed by atoms with Crippen molar-refractivity contribution in [3.05, 3.63) is 71.8 Å². The van der Waals surface area contributed by atoms with Gasteiger partial charge >= 0.3 is 0 Å². The molecule has 1 fully saturated rings. The van der Waals surface area contributed by atoms with Gasteiger partial charge in [0.25, 0.3) is 0 Å². The first-order valence-electron chi connectivity index (χ1n) is 14.2. The molecule has 2 aromatic carbocycles. The highest BCUT2D eigenvalue weighted by Gasteiger charge is 2.54. The SMILES string of the molecule is COC(OC)[C@H](O[Si](C)(C)C(C)(C)C)[C@@H]1OC(C)(C)O[C@H]([C@@H](C=O)OCc2ccccc2)[C@H]1OCc1ccccc1. The molecule has 0 saturated carbocycles. The van der Waals surface area contributed by atoms with Crippen LogP contribution in [0.3, 0.4) is 0 Å². The second kappa shape index (κ2) is 14.5. The van der Waals surface area contributed by atoms with E-state index in [9.17, 15) is 4.79 Å². The third-order valence-corrected chi connectivity index (χ3v) is 12.3. The van der Waals surface area contributed by atoms with Crippen LogP contribution < -0.4 is 0 Å². The van der Waals surface area contributed by atoms with E-state index in [-0.39, 0.29) is 18.3 Å². The molecule has 2 aromatic rings. The number of hydrogen-bond donors (Lipinski definition) is 0. The van der Waals surface area contributed by atoms with E-state index in [1.807, 2.05) is 74.5 Å². The minimum absolute atomic E-state index is 0.0953. The molecule has 0 unspecified atom stereocenters. The van der Waals surface area contributed by atoms with Gasteiger partial charge in [0.2, 0.25) is 0 Å². The summed E-state index contributed by atoms with van der Waals surface area (Å²) in [6, 6.07) is 19.5. The van der Waals surface area contributed by atoms with E-state index in [0.29, 0.717) is 0 Å². The lowest BCUT2D eigenvalue weighted by Crippen LogP contribution is -2.66. The molecule has 1 aliphatic rings. The van der Waals surface area contributed by atoms with Gasteiger partial charge in [-0.25, -0.2) is 0 Å². The van der Waals surface area contributed by atoms with Crippen LogP contribution in [0.4, 0.5) is 0 Å². The molecule has 1 saturated heterocycles. The van der Waals surface area contributed by atoms with E-state index < -0.39 is 50.9 Å². The second-order valence-corrected chi connectivity index (χ2v) is 17.2. The number of aldehydes is 1. The van der Waals surface area contributed by atoms with Crippen LogP contribution >= 0.6 is 0 Å². The second-order valence-electron chi connectivity index (χ2n) is 12.4. The number of benzene rings is 2. The molecule has 0 bridgehead atoms. The van der Waals surface area contributed by atoms with E-state index in [0.717, 1.165) is 17.4 Å². The minimum Gasteiger partial charge on any atom is -0.406 e. The zero-order valence-electron chi connectivity index (χ0n) is 26.0. The molecule has 9 heteroatoms. The average molecular weight is 589 g/mol. The summed E-state index contributed by atoms with van der Waals surface area (Å²) in [5.41, 5.74) is 1.92. The number of methoxy groups -OCH3 is 2. The van der Waals surface area contributed by atoms with Crippen LogP contribution in [0.25, 0.3) is 0 Å². The first-order chi connectivity index (χ1) is 19.3. The highest BCUT2D eigenvalue weighted by molar-refractivity contribution is 6.74. The molecule has 1 heterocycles. The van der Waals surface area contributed by atoms with E-state index >= 15 is 0 Å². The Hall–Kier alpha value is -1.95. The standard InChI is InChI=1S/C32H48O8Si/c1-31(2,3)41(8,9)40-29(30(34-6)35-7)28-27(37-22-24-18-14-11-15-19-24)26(38-32(4,5)39-28)25(20-33)36-21-23-16-12-10-13-17-23/h10-20,25-30H,21-22H2,1-9H3/t25-,26-,27-,28-,29-/m1/s1. The normalized spacial score (nSPS) is 22.8. The third-order valence-electron chi connectivity index (χ3n) is 7.81. The van der Waals surface area contributed by atoms with Crippen molar-refractivity contribution in [1.29, 1.82) is 0 Å². The van der Waals surface area contributed by atoms with Crippen LogP contribution in [0.5, 0.6) is 0 Å². The fourth-order valence-electron chi connectivity index (χ4n) is 4.61. The van der Waals surface area contributed by atoms with Gasteiger partial charge in [0.1, 0.15) is 30.5 Å². The molecule has 0 spiro atoms. The predicted octanol–water partition coefficient (Wildman–Crippen LogP) is 5.89. The zero-order chi connectivity index (χ0) is 30.3. The highest BCUT2D eigenvalue weighted by atomic mass is 28.4. The van der Waals surface area contributed by atoms with E-state index in [2.05, 4.69) is 33.9 Å². The predicted molar refractivity (Wildman–Crippen MR) is 160 cm³/mol. The fraction of sp³-hybridized carbons (Fsp3) is 0.594. The van der Waals surface area contributed by atoms with Crippen LogP contribution in [0.2, 0.25) is 18.1 Å². The lowest BCUT2D eigenvalue weighted by molar-refractivity contribution is -0.370. The summed E-state index contributed by atoms with van der Waals surface area (Å²) in [5, 5.41) is -0.0953. The number of carbonyl (C=O) groups is 1. The van der Waals surface area contributed by atoms with Gasteiger partial charge in [-0.15, -0.1) is 0 Å². The topological polar surface area (TPSA) is 81.7 Å². The summed E-state index contributed by atoms with van der Waals surface area (Å²) in [5.74, 6) is -1.08. The van der Waals surface area contributed by atoms with E-state index in [1.54, 1.807) is 14.2 Å². The average Bonchev–Trinajstić information content (AvgIpc) is 2.92. The first kappa shape index (κ1) is 33.5. The molecule has 8 nitrogen and oxygen atoms in total. The van der Waals surface area contributed by atoms with Crippen molar-refractivity contribution in [2.24, 2.45) is 0 Å². The van der Waals surface area contributed by atoms with Crippen molar-refractivity contribution in [2.75, 3.05) is 14.2 Å². The zero-order valence-corrected chi connectivity index (χ0v) is 27.0. The number of hydrogen-bond acceptors (Lipinski definition) is 8. The maximum atomic E-state index is 12.6. The molecule has 0 N–H and O–H groups in total. The van der Waals surface area contributed by atoms with Gasteiger partial charge in [0, 0.05) is 14.2 Å². The van der Waals surface area contributed by atoms with Crippen LogP contribution in [0, 0.1) is 0 Å². The molecule has 0 aromatic heterocycles. The number of carbonyl (C=O) groups excluding carboxylic acids is 1. The molecule has 3 rings (SSSR count). The number of rotatable bonds is 14. The Bertz CT molecular complexity index is 1050. The summed E-state index contributed by atoms with van der Waals surface area (Å²) >= 11 is 0. The van der Waals surface area contributed by atoms with Crippen molar-refractivity contribution in [3.63, 3.8) is 0 Å². The Morgan fingerprint density at radius 3 is 1.88 bits per heavy atom. The van der Waals surface area contributed by atoms with Gasteiger partial charge in [0.15, 0.2) is 26.7 Å². The minimum atomic E-state index is -2.36. The Morgan fingerprint density at radius 1 is 0.878 bits per heavy atom. The fourth-order valence-corrected chi connectivity index (χ4v) is 5.89. The van der Waals surface area contributed by atoms with Gasteiger partial charge in [-0.2, -0.15) is 0 Å². The van der Waals surface area contributed by atoms with Crippen molar-refractivity contribution in [1.82, 2.24) is 0 Å². The van der Waals surface area contributed by atoms with Gasteiger partial charge in [0.05, 0.1) is 13.2 Å². The van der Waals surface area contributed by atoms with Gasteiger partial charge < -0.3 is 37.6 Å². The summed E-state index contributed by atoms with van der Waals surface area (Å²) in [4.78, 5) is 12.6. The van der Waals surface area contributed by atoms with Crippen LogP contribution in [0.1, 0.15) is 45.7 Å². The highest BCUT2D eigenvalue weighted by Crippen LogP contribution is 2.41. The van der Waals surface area contributed by atoms with Crippen LogP contribution in [0.15, 0.2) is 60.7 Å². The maximum absolute atomic E-state index is 12.6. The number of ether oxygens (including phenoxy) is 6. The van der Waals surface area contributed by atoms with Crippen molar-refractivity contribution >= 4 is 14.6 Å². The van der Waals surface area contributed by atoms with Crippen molar-refractivity contribution in [3.8, 4) is 0 Å². The lowest BCUT2D eigenvalue weighted by Gasteiger charge is -2.51. The summed E-state index contributed by atoms with van der Waals surface area (Å²) < 4.78 is 44.2. The largest absolute Gasteiger partial charge is 0.406 e. The molecule has 0 radical (unpaired) electrons. The molecule has 1 aliphatic heterocycles. The molecule has 228 valence electrons. The van der Waals surface area contributed by atoms with Crippen LogP contribution in [-0.4, -0.2) is 71.4 Å². The van der Waals surface area contributed by atoms with Crippen molar-refractivity contribution < 1.29 is 37.6 Å². The Kier molecular flexibility index (Phi) is 11.9. The molecule has 0 aliphatic carbocycles. The molecular formula is C32H48O8Si. The maximum Gasteiger partial charge on any atom is 0.192 e. The molecular weight excluding hydrogens is 540 g/mol. The summed E-state index contributed by atoms with van der Waals surface area (Å²) in [6.07, 6.45) is -3.86. The quantitative estimate of drug-likeness (QED) is 0.154. The summed E-state index contributed by atoms with van der Waals surface area (Å²) in [6.45, 7) is 15.0. The van der Waals surface area contributed by atoms with E-state index in [4.69, 9.17) is 32.8 Å². The molecule has 0 amide bonds.